The van der Waals surface area contributed by atoms with Crippen molar-refractivity contribution in [1.82, 2.24) is 4.90 Å². The predicted molar refractivity (Wildman–Crippen MR) is 135 cm³/mol. The highest BCUT2D eigenvalue weighted by Gasteiger charge is 2.32. The summed E-state index contributed by atoms with van der Waals surface area (Å²) in [6, 6.07) is 23.0. The maximum atomic E-state index is 13.1. The van der Waals surface area contributed by atoms with E-state index in [2.05, 4.69) is 11.1 Å². The van der Waals surface area contributed by atoms with Gasteiger partial charge in [-0.05, 0) is 61.2 Å². The number of carboxylic acid groups (broad SMARTS) is 1. The third-order valence-corrected chi connectivity index (χ3v) is 6.28. The number of amides is 1. The van der Waals surface area contributed by atoms with Gasteiger partial charge in [0.05, 0.1) is 27.8 Å². The molecule has 0 bridgehead atoms. The Balaban J connectivity index is 1.58. The molecule has 1 aliphatic rings. The monoisotopic (exact) mass is 483 g/mol. The van der Waals surface area contributed by atoms with Crippen LogP contribution in [0, 0.1) is 11.3 Å². The minimum atomic E-state index is -1.01. The van der Waals surface area contributed by atoms with Crippen LogP contribution in [0.4, 0.5) is 5.69 Å². The number of aromatic carboxylic acids is 1. The van der Waals surface area contributed by atoms with Gasteiger partial charge in [0.2, 0.25) is 0 Å². The molecule has 0 unspecified atom stereocenters. The second-order valence-electron chi connectivity index (χ2n) is 7.50. The Labute approximate surface area is 207 Å². The van der Waals surface area contributed by atoms with Gasteiger partial charge in [-0.25, -0.2) is 9.79 Å². The molecule has 3 aromatic rings. The smallest absolute Gasteiger partial charge is 0.335 e. The normalized spacial score (nSPS) is 15.4. The van der Waals surface area contributed by atoms with Gasteiger partial charge in [-0.3, -0.25) is 9.69 Å². The summed E-state index contributed by atoms with van der Waals surface area (Å²) in [7, 11) is 0. The quantitative estimate of drug-likeness (QED) is 0.448. The molecule has 7 nitrogen and oxygen atoms in total. The van der Waals surface area contributed by atoms with E-state index in [4.69, 9.17) is 9.84 Å². The first-order valence-electron chi connectivity index (χ1n) is 10.8. The zero-order chi connectivity index (χ0) is 24.8. The van der Waals surface area contributed by atoms with Gasteiger partial charge >= 0.3 is 5.97 Å². The Morgan fingerprint density at radius 1 is 1.11 bits per heavy atom. The lowest BCUT2D eigenvalue weighted by Gasteiger charge is -2.12. The molecule has 0 atom stereocenters. The van der Waals surface area contributed by atoms with E-state index in [0.717, 1.165) is 11.1 Å². The Hall–Kier alpha value is -4.35. The number of thioether (sulfide) groups is 1. The van der Waals surface area contributed by atoms with E-state index in [1.807, 2.05) is 49.4 Å². The summed E-state index contributed by atoms with van der Waals surface area (Å²) < 4.78 is 6.01. The molecule has 1 amide bonds. The van der Waals surface area contributed by atoms with Crippen molar-refractivity contribution >= 4 is 40.6 Å². The maximum absolute atomic E-state index is 13.1. The van der Waals surface area contributed by atoms with Crippen molar-refractivity contribution in [1.29, 1.82) is 5.26 Å². The van der Waals surface area contributed by atoms with Crippen LogP contribution in [0.2, 0.25) is 0 Å². The summed E-state index contributed by atoms with van der Waals surface area (Å²) in [6.45, 7) is 2.54. The van der Waals surface area contributed by atoms with Crippen molar-refractivity contribution in [2.45, 2.75) is 13.5 Å². The number of benzene rings is 3. The number of carboxylic acids is 1. The van der Waals surface area contributed by atoms with Crippen molar-refractivity contribution in [2.24, 2.45) is 4.99 Å². The topological polar surface area (TPSA) is 103 Å². The van der Waals surface area contributed by atoms with Gasteiger partial charge < -0.3 is 9.84 Å². The van der Waals surface area contributed by atoms with Crippen LogP contribution in [0.3, 0.4) is 0 Å². The molecule has 1 fully saturated rings. The number of ether oxygens (including phenoxy) is 1. The van der Waals surface area contributed by atoms with Crippen molar-refractivity contribution in [3.8, 4) is 11.8 Å². The summed E-state index contributed by atoms with van der Waals surface area (Å²) >= 11 is 1.25. The highest BCUT2D eigenvalue weighted by molar-refractivity contribution is 8.18. The molecule has 0 radical (unpaired) electrons. The van der Waals surface area contributed by atoms with Gasteiger partial charge in [-0.15, -0.1) is 0 Å². The van der Waals surface area contributed by atoms with E-state index in [1.165, 1.54) is 23.9 Å². The van der Waals surface area contributed by atoms with Crippen LogP contribution in [0.5, 0.6) is 5.75 Å². The van der Waals surface area contributed by atoms with Crippen molar-refractivity contribution in [2.75, 3.05) is 6.54 Å². The molecule has 0 aromatic heterocycles. The standard InChI is InChI=1S/C27H21N3O4S/c1-2-30-25(31)24(35-27(30)29-22-13-11-18(12-14-22)26(32)33)15-19-7-5-6-10-23(19)34-17-21-9-4-3-8-20(21)16-28/h3-15H,2,17H2,1H3,(H,32,33)/b24-15+,29-27?. The van der Waals surface area contributed by atoms with Crippen LogP contribution in [0.25, 0.3) is 6.08 Å². The third-order valence-electron chi connectivity index (χ3n) is 5.27. The number of para-hydroxylation sites is 1. The number of rotatable bonds is 7. The molecule has 8 heteroatoms. The van der Waals surface area contributed by atoms with E-state index in [9.17, 15) is 14.9 Å². The van der Waals surface area contributed by atoms with Crippen LogP contribution in [0.15, 0.2) is 82.7 Å². The van der Waals surface area contributed by atoms with Crippen molar-refractivity contribution in [3.05, 3.63) is 100.0 Å². The highest BCUT2D eigenvalue weighted by Crippen LogP contribution is 2.35. The number of amidine groups is 1. The number of carbonyl (C=O) groups excluding carboxylic acids is 1. The Morgan fingerprint density at radius 3 is 2.54 bits per heavy atom. The van der Waals surface area contributed by atoms with Crippen LogP contribution in [-0.2, 0) is 11.4 Å². The lowest BCUT2D eigenvalue weighted by molar-refractivity contribution is -0.122. The fourth-order valence-corrected chi connectivity index (χ4v) is 4.50. The van der Waals surface area contributed by atoms with E-state index in [0.29, 0.717) is 33.6 Å². The number of hydrogen-bond acceptors (Lipinski definition) is 6. The molecular formula is C27H21N3O4S. The first-order chi connectivity index (χ1) is 17.0. The van der Waals surface area contributed by atoms with Crippen LogP contribution in [0.1, 0.15) is 34.0 Å². The fourth-order valence-electron chi connectivity index (χ4n) is 3.44. The lowest BCUT2D eigenvalue weighted by Crippen LogP contribution is -2.28. The zero-order valence-corrected chi connectivity index (χ0v) is 19.7. The number of likely N-dealkylation sites (N-methyl/N-ethyl adjacent to an activating group) is 1. The highest BCUT2D eigenvalue weighted by atomic mass is 32.2. The van der Waals surface area contributed by atoms with Crippen LogP contribution >= 0.6 is 11.8 Å². The second-order valence-corrected chi connectivity index (χ2v) is 8.51. The molecule has 0 spiro atoms. The Bertz CT molecular complexity index is 1370. The molecule has 174 valence electrons. The van der Waals surface area contributed by atoms with E-state index >= 15 is 0 Å². The van der Waals surface area contributed by atoms with Gasteiger partial charge in [0, 0.05) is 17.7 Å². The van der Waals surface area contributed by atoms with E-state index in [1.54, 1.807) is 29.2 Å². The van der Waals surface area contributed by atoms with E-state index < -0.39 is 5.97 Å². The molecule has 3 aromatic carbocycles. The number of nitrogens with zero attached hydrogens (tertiary/aromatic N) is 3. The van der Waals surface area contributed by atoms with Gasteiger partial charge in [-0.2, -0.15) is 5.26 Å². The molecule has 4 rings (SSSR count). The molecule has 0 saturated carbocycles. The number of aliphatic imine (C=N–C) groups is 1. The molecule has 1 aliphatic heterocycles. The van der Waals surface area contributed by atoms with Crippen LogP contribution < -0.4 is 4.74 Å². The van der Waals surface area contributed by atoms with Gasteiger partial charge in [0.1, 0.15) is 12.4 Å². The molecule has 1 saturated heterocycles. The van der Waals surface area contributed by atoms with E-state index in [-0.39, 0.29) is 18.1 Å². The second kappa shape index (κ2) is 10.7. The summed E-state index contributed by atoms with van der Waals surface area (Å²) in [4.78, 5) is 30.8. The van der Waals surface area contributed by atoms with Crippen molar-refractivity contribution < 1.29 is 19.4 Å². The molecule has 0 aliphatic carbocycles. The molecule has 1 N–H and O–H groups in total. The largest absolute Gasteiger partial charge is 0.488 e. The maximum Gasteiger partial charge on any atom is 0.335 e. The lowest BCUT2D eigenvalue weighted by atomic mass is 10.1. The molecule has 35 heavy (non-hydrogen) atoms. The minimum Gasteiger partial charge on any atom is -0.488 e. The SMILES string of the molecule is CCN1C(=O)/C(=C\c2ccccc2OCc2ccccc2C#N)SC1=Nc1ccc(C(=O)O)cc1. The van der Waals surface area contributed by atoms with Crippen LogP contribution in [-0.4, -0.2) is 33.6 Å². The Kier molecular flexibility index (Phi) is 7.29. The summed E-state index contributed by atoms with van der Waals surface area (Å²) in [6.07, 6.45) is 1.78. The fraction of sp³-hybridized carbons (Fsp3) is 0.111. The molecule has 1 heterocycles. The first kappa shape index (κ1) is 23.8. The average molecular weight is 484 g/mol. The Morgan fingerprint density at radius 2 is 1.83 bits per heavy atom. The van der Waals surface area contributed by atoms with Crippen molar-refractivity contribution in [3.63, 3.8) is 0 Å². The zero-order valence-electron chi connectivity index (χ0n) is 18.8. The number of nitriles is 1. The predicted octanol–water partition coefficient (Wildman–Crippen LogP) is 5.46. The number of hydrogen-bond donors (Lipinski definition) is 1. The summed E-state index contributed by atoms with van der Waals surface area (Å²) in [5, 5.41) is 18.9. The van der Waals surface area contributed by atoms with Gasteiger partial charge in [-0.1, -0.05) is 36.4 Å². The first-order valence-corrected chi connectivity index (χ1v) is 11.6. The average Bonchev–Trinajstić information content (AvgIpc) is 3.17. The number of carbonyl (C=O) groups is 2. The molecular weight excluding hydrogens is 462 g/mol. The summed E-state index contributed by atoms with van der Waals surface area (Å²) in [5.74, 6) is -0.575. The summed E-state index contributed by atoms with van der Waals surface area (Å²) in [5.41, 5.74) is 2.81. The minimum absolute atomic E-state index is 0.164. The van der Waals surface area contributed by atoms with Gasteiger partial charge in [0.15, 0.2) is 5.17 Å². The van der Waals surface area contributed by atoms with Gasteiger partial charge in [0.25, 0.3) is 5.91 Å². The third kappa shape index (κ3) is 5.42.